The van der Waals surface area contributed by atoms with E-state index in [1.807, 2.05) is 36.4 Å². The van der Waals surface area contributed by atoms with Crippen LogP contribution in [-0.2, 0) is 6.42 Å². The summed E-state index contributed by atoms with van der Waals surface area (Å²) in [5, 5.41) is 8.37. The van der Waals surface area contributed by atoms with Gasteiger partial charge in [-0.2, -0.15) is 9.78 Å². The van der Waals surface area contributed by atoms with Crippen LogP contribution >= 0.6 is 11.8 Å². The molecule has 0 spiro atoms. The molecule has 1 heterocycles. The molecule has 0 bridgehead atoms. The number of nitrogens with one attached hydrogen (secondary N) is 1. The molecular weight excluding hydrogens is 458 g/mol. The fourth-order valence-corrected chi connectivity index (χ4v) is 5.07. The molecule has 1 aliphatic carbocycles. The van der Waals surface area contributed by atoms with Crippen molar-refractivity contribution in [3.05, 3.63) is 112 Å². The maximum absolute atomic E-state index is 12.9. The predicted molar refractivity (Wildman–Crippen MR) is 137 cm³/mol. The number of ether oxygens (including phenoxy) is 1. The molecular formula is C28H25N3O3S. The third-order valence-corrected chi connectivity index (χ3v) is 7.04. The molecule has 6 nitrogen and oxygen atoms in total. The van der Waals surface area contributed by atoms with E-state index in [0.717, 1.165) is 29.9 Å². The molecule has 0 unspecified atom stereocenters. The third kappa shape index (κ3) is 5.15. The van der Waals surface area contributed by atoms with Crippen LogP contribution in [0.5, 0.6) is 5.75 Å². The van der Waals surface area contributed by atoms with E-state index in [1.165, 1.54) is 33.6 Å². The summed E-state index contributed by atoms with van der Waals surface area (Å²) in [6.07, 6.45) is 3.04. The molecule has 5 rings (SSSR count). The zero-order valence-electron chi connectivity index (χ0n) is 19.3. The van der Waals surface area contributed by atoms with Crippen LogP contribution in [0.1, 0.15) is 40.4 Å². The van der Waals surface area contributed by atoms with E-state index in [9.17, 15) is 9.59 Å². The molecule has 35 heavy (non-hydrogen) atoms. The fourth-order valence-electron chi connectivity index (χ4n) is 4.30. The molecule has 0 saturated carbocycles. The highest BCUT2D eigenvalue weighted by Gasteiger charge is 2.22. The van der Waals surface area contributed by atoms with Gasteiger partial charge >= 0.3 is 0 Å². The zero-order chi connectivity index (χ0) is 24.2. The number of fused-ring (bicyclic) bond motifs is 1. The SMILES string of the molecule is COc1ccc(Sc2ccc(=O)n(-c3ccc(C(=O)N[C@H]4CCCc5ccccc54)cc3)n2)cc1. The summed E-state index contributed by atoms with van der Waals surface area (Å²) < 4.78 is 6.55. The Kier molecular flexibility index (Phi) is 6.68. The van der Waals surface area contributed by atoms with E-state index < -0.39 is 0 Å². The monoisotopic (exact) mass is 483 g/mol. The molecule has 0 aliphatic heterocycles. The van der Waals surface area contributed by atoms with Crippen LogP contribution < -0.4 is 15.6 Å². The number of rotatable bonds is 6. The Labute approximate surface area is 208 Å². The molecule has 0 saturated heterocycles. The molecule has 3 aromatic carbocycles. The van der Waals surface area contributed by atoms with Gasteiger partial charge in [-0.05, 0) is 85.0 Å². The Morgan fingerprint density at radius 3 is 2.54 bits per heavy atom. The van der Waals surface area contributed by atoms with E-state index in [2.05, 4.69) is 22.5 Å². The molecule has 1 atom stereocenters. The lowest BCUT2D eigenvalue weighted by atomic mass is 9.87. The topological polar surface area (TPSA) is 73.2 Å². The molecule has 0 fully saturated rings. The average molecular weight is 484 g/mol. The molecule has 7 heteroatoms. The summed E-state index contributed by atoms with van der Waals surface area (Å²) >= 11 is 1.46. The molecule has 176 valence electrons. The minimum atomic E-state index is -0.236. The summed E-state index contributed by atoms with van der Waals surface area (Å²) in [5.41, 5.74) is 3.42. The minimum Gasteiger partial charge on any atom is -0.497 e. The lowest BCUT2D eigenvalue weighted by molar-refractivity contribution is 0.0932. The largest absolute Gasteiger partial charge is 0.497 e. The number of methoxy groups -OCH3 is 1. The van der Waals surface area contributed by atoms with Crippen molar-refractivity contribution in [3.63, 3.8) is 0 Å². The van der Waals surface area contributed by atoms with Crippen molar-refractivity contribution in [3.8, 4) is 11.4 Å². The summed E-state index contributed by atoms with van der Waals surface area (Å²) in [5.74, 6) is 0.659. The van der Waals surface area contributed by atoms with Gasteiger partial charge in [0.25, 0.3) is 11.5 Å². The van der Waals surface area contributed by atoms with E-state index in [4.69, 9.17) is 4.74 Å². The highest BCUT2D eigenvalue weighted by Crippen LogP contribution is 2.30. The van der Waals surface area contributed by atoms with Crippen molar-refractivity contribution >= 4 is 17.7 Å². The first-order chi connectivity index (χ1) is 17.1. The second-order valence-corrected chi connectivity index (χ2v) is 9.46. The van der Waals surface area contributed by atoms with Crippen LogP contribution in [0, 0.1) is 0 Å². The lowest BCUT2D eigenvalue weighted by Crippen LogP contribution is -2.31. The Balaban J connectivity index is 1.31. The Morgan fingerprint density at radius 1 is 1.00 bits per heavy atom. The normalized spacial score (nSPS) is 14.7. The summed E-state index contributed by atoms with van der Waals surface area (Å²) in [4.78, 5) is 26.4. The Hall–Kier alpha value is -3.84. The highest BCUT2D eigenvalue weighted by molar-refractivity contribution is 7.99. The van der Waals surface area contributed by atoms with Crippen molar-refractivity contribution < 1.29 is 9.53 Å². The van der Waals surface area contributed by atoms with Gasteiger partial charge in [0.2, 0.25) is 0 Å². The first-order valence-corrected chi connectivity index (χ1v) is 12.3. The standard InChI is InChI=1S/C28H25N3O3S/c1-34-22-13-15-23(16-14-22)35-26-17-18-27(32)31(30-26)21-11-9-20(10-12-21)28(33)29-25-8-4-6-19-5-2-3-7-24(19)25/h2-3,5,7,9-18,25H,4,6,8H2,1H3,(H,29,33)/t25-/m0/s1. The van der Waals surface area contributed by atoms with Crippen LogP contribution in [0.2, 0.25) is 0 Å². The van der Waals surface area contributed by atoms with Gasteiger partial charge in [-0.1, -0.05) is 36.0 Å². The van der Waals surface area contributed by atoms with Gasteiger partial charge < -0.3 is 10.1 Å². The summed E-state index contributed by atoms with van der Waals surface area (Å²) in [7, 11) is 1.63. The first kappa shape index (κ1) is 22.9. The van der Waals surface area contributed by atoms with Crippen molar-refractivity contribution in [2.75, 3.05) is 7.11 Å². The summed E-state index contributed by atoms with van der Waals surface area (Å²) in [6.45, 7) is 0. The number of carbonyl (C=O) groups is 1. The molecule has 1 aromatic heterocycles. The first-order valence-electron chi connectivity index (χ1n) is 11.5. The average Bonchev–Trinajstić information content (AvgIpc) is 2.90. The number of hydrogen-bond acceptors (Lipinski definition) is 5. The highest BCUT2D eigenvalue weighted by atomic mass is 32.2. The predicted octanol–water partition coefficient (Wildman–Crippen LogP) is 5.20. The van der Waals surface area contributed by atoms with Crippen molar-refractivity contribution in [2.24, 2.45) is 0 Å². The second kappa shape index (κ2) is 10.2. The molecule has 1 aliphatic rings. The van der Waals surface area contributed by atoms with Crippen LogP contribution in [0.3, 0.4) is 0 Å². The fraction of sp³-hybridized carbons (Fsp3) is 0.179. The van der Waals surface area contributed by atoms with Gasteiger partial charge in [0.15, 0.2) is 0 Å². The smallest absolute Gasteiger partial charge is 0.271 e. The van der Waals surface area contributed by atoms with Gasteiger partial charge in [0.05, 0.1) is 18.8 Å². The van der Waals surface area contributed by atoms with Gasteiger partial charge in [-0.25, -0.2) is 0 Å². The van der Waals surface area contributed by atoms with Gasteiger partial charge in [0.1, 0.15) is 10.8 Å². The Morgan fingerprint density at radius 2 is 1.77 bits per heavy atom. The van der Waals surface area contributed by atoms with E-state index >= 15 is 0 Å². The number of aryl methyl sites for hydroxylation is 1. The van der Waals surface area contributed by atoms with Crippen LogP contribution in [-0.4, -0.2) is 22.8 Å². The number of nitrogens with zero attached hydrogens (tertiary/aromatic N) is 2. The van der Waals surface area contributed by atoms with Crippen molar-refractivity contribution in [1.29, 1.82) is 0 Å². The number of benzene rings is 3. The van der Waals surface area contributed by atoms with Crippen LogP contribution in [0.4, 0.5) is 0 Å². The van der Waals surface area contributed by atoms with E-state index in [0.29, 0.717) is 16.3 Å². The number of aromatic nitrogens is 2. The molecule has 0 radical (unpaired) electrons. The van der Waals surface area contributed by atoms with E-state index in [1.54, 1.807) is 37.4 Å². The van der Waals surface area contributed by atoms with E-state index in [-0.39, 0.29) is 17.5 Å². The molecule has 4 aromatic rings. The lowest BCUT2D eigenvalue weighted by Gasteiger charge is -2.26. The van der Waals surface area contributed by atoms with Crippen molar-refractivity contribution in [2.45, 2.75) is 35.2 Å². The van der Waals surface area contributed by atoms with Crippen molar-refractivity contribution in [1.82, 2.24) is 15.1 Å². The maximum atomic E-state index is 12.9. The number of amides is 1. The second-order valence-electron chi connectivity index (χ2n) is 8.36. The number of hydrogen-bond donors (Lipinski definition) is 1. The third-order valence-electron chi connectivity index (χ3n) is 6.11. The molecule has 1 N–H and O–H groups in total. The van der Waals surface area contributed by atoms with Gasteiger partial charge in [0, 0.05) is 16.5 Å². The Bertz CT molecular complexity index is 1400. The number of carbonyl (C=O) groups excluding carboxylic acids is 1. The molecule has 1 amide bonds. The zero-order valence-corrected chi connectivity index (χ0v) is 20.1. The quantitative estimate of drug-likeness (QED) is 0.408. The van der Waals surface area contributed by atoms with Crippen LogP contribution in [0.15, 0.2) is 99.6 Å². The van der Waals surface area contributed by atoms with Gasteiger partial charge in [-0.15, -0.1) is 0 Å². The summed E-state index contributed by atoms with van der Waals surface area (Å²) in [6, 6.07) is 26.1. The maximum Gasteiger partial charge on any atom is 0.271 e. The minimum absolute atomic E-state index is 0.0167. The van der Waals surface area contributed by atoms with Gasteiger partial charge in [-0.3, -0.25) is 9.59 Å². The van der Waals surface area contributed by atoms with Crippen LogP contribution in [0.25, 0.3) is 5.69 Å².